The van der Waals surface area contributed by atoms with E-state index in [0.29, 0.717) is 0 Å². The minimum absolute atomic E-state index is 0.0360. The Morgan fingerprint density at radius 2 is 1.78 bits per heavy atom. The van der Waals surface area contributed by atoms with Crippen molar-refractivity contribution in [3.8, 4) is 0 Å². The monoisotopic (exact) mass is 326 g/mol. The predicted molar refractivity (Wildman–Crippen MR) is 81.8 cm³/mol. The topological polar surface area (TPSA) is 44.8 Å². The van der Waals surface area contributed by atoms with Gasteiger partial charge in [-0.15, -0.1) is 0 Å². The highest BCUT2D eigenvalue weighted by atomic mass is 19.1. The molecule has 1 unspecified atom stereocenters. The average molecular weight is 326 g/mol. The summed E-state index contributed by atoms with van der Waals surface area (Å²) in [6.45, 7) is 7.41. The Bertz CT molecular complexity index is 588. The lowest BCUT2D eigenvalue weighted by Crippen LogP contribution is -2.41. The van der Waals surface area contributed by atoms with Gasteiger partial charge in [0.1, 0.15) is 11.6 Å². The number of hydrogen-bond acceptors (Lipinski definition) is 4. The van der Waals surface area contributed by atoms with E-state index in [-0.39, 0.29) is 12.0 Å². The first-order valence-corrected chi connectivity index (χ1v) is 7.45. The minimum atomic E-state index is -0.879. The number of hydrogen-bond donors (Lipinski definition) is 0. The molecule has 1 fully saturated rings. The maximum Gasteiger partial charge on any atom is 0.466 e. The third-order valence-corrected chi connectivity index (χ3v) is 4.57. The Hall–Kier alpha value is -1.47. The van der Waals surface area contributed by atoms with Crippen LogP contribution in [0.2, 0.25) is 0 Å². The molecule has 2 rings (SSSR count). The molecule has 1 aromatic carbocycles. The second kappa shape index (κ2) is 6.21. The summed E-state index contributed by atoms with van der Waals surface area (Å²) in [7, 11) is 0.362. The van der Waals surface area contributed by atoms with Crippen molar-refractivity contribution in [2.75, 3.05) is 7.11 Å². The first-order chi connectivity index (χ1) is 10.6. The quantitative estimate of drug-likeness (QED) is 0.629. The highest BCUT2D eigenvalue weighted by Crippen LogP contribution is 2.42. The second-order valence-electron chi connectivity index (χ2n) is 6.68. The van der Waals surface area contributed by atoms with Gasteiger partial charge in [-0.25, -0.2) is 8.78 Å². The summed E-state index contributed by atoms with van der Waals surface area (Å²) in [5.74, 6) is -2.56. The molecule has 23 heavy (non-hydrogen) atoms. The summed E-state index contributed by atoms with van der Waals surface area (Å²) < 4.78 is 44.2. The number of carbonyl (C=O) groups excluding carboxylic acids is 1. The van der Waals surface area contributed by atoms with Crippen LogP contribution in [0.3, 0.4) is 0 Å². The number of benzene rings is 1. The molecule has 0 aromatic heterocycles. The summed E-state index contributed by atoms with van der Waals surface area (Å²) in [5.41, 5.74) is -1.25. The molecule has 1 atom stereocenters. The molecule has 1 aromatic rings. The normalized spacial score (nSPS) is 20.4. The van der Waals surface area contributed by atoms with Crippen LogP contribution in [-0.4, -0.2) is 31.4 Å². The molecule has 0 saturated carbocycles. The van der Waals surface area contributed by atoms with Gasteiger partial charge in [0.05, 0.1) is 24.7 Å². The maximum atomic E-state index is 14.2. The summed E-state index contributed by atoms with van der Waals surface area (Å²) in [6.07, 6.45) is -0.173. The van der Waals surface area contributed by atoms with Crippen molar-refractivity contribution in [1.29, 1.82) is 0 Å². The van der Waals surface area contributed by atoms with Gasteiger partial charge in [-0.2, -0.15) is 0 Å². The van der Waals surface area contributed by atoms with Crippen LogP contribution in [0.5, 0.6) is 0 Å². The third-order valence-electron chi connectivity index (χ3n) is 4.57. The van der Waals surface area contributed by atoms with Crippen LogP contribution in [0, 0.1) is 11.6 Å². The molecule has 1 aliphatic rings. The van der Waals surface area contributed by atoms with Gasteiger partial charge >= 0.3 is 13.1 Å². The van der Waals surface area contributed by atoms with Crippen LogP contribution >= 0.6 is 0 Å². The zero-order valence-electron chi connectivity index (χ0n) is 14.0. The molecule has 7 heteroatoms. The van der Waals surface area contributed by atoms with Crippen molar-refractivity contribution in [3.05, 3.63) is 35.4 Å². The van der Waals surface area contributed by atoms with Gasteiger partial charge in [0.15, 0.2) is 0 Å². The molecule has 0 radical (unpaired) electrons. The molecule has 126 valence electrons. The summed E-state index contributed by atoms with van der Waals surface area (Å²) in [6, 6.07) is 3.12. The minimum Gasteiger partial charge on any atom is -0.469 e. The lowest BCUT2D eigenvalue weighted by Gasteiger charge is -2.32. The van der Waals surface area contributed by atoms with Crippen LogP contribution in [-0.2, 0) is 18.8 Å². The van der Waals surface area contributed by atoms with Gasteiger partial charge in [-0.1, -0.05) is 0 Å². The molecular formula is C16H21BF2O4. The number of esters is 1. The van der Waals surface area contributed by atoms with Gasteiger partial charge in [-0.3, -0.25) is 4.79 Å². The van der Waals surface area contributed by atoms with E-state index in [1.807, 2.05) is 27.7 Å². The Morgan fingerprint density at radius 1 is 1.22 bits per heavy atom. The molecule has 0 bridgehead atoms. The SMILES string of the molecule is COC(=O)CC(B1OC(C)(C)C(C)(C)O1)c1cc(F)ccc1F. The maximum absolute atomic E-state index is 14.2. The van der Waals surface area contributed by atoms with Crippen LogP contribution in [0.4, 0.5) is 8.78 Å². The number of rotatable bonds is 4. The molecule has 0 aliphatic carbocycles. The van der Waals surface area contributed by atoms with Gasteiger partial charge in [-0.05, 0) is 51.5 Å². The van der Waals surface area contributed by atoms with Gasteiger partial charge in [0.25, 0.3) is 0 Å². The van der Waals surface area contributed by atoms with Crippen LogP contribution in [0.15, 0.2) is 18.2 Å². The zero-order chi connectivity index (χ0) is 17.4. The lowest BCUT2D eigenvalue weighted by atomic mass is 9.66. The van der Waals surface area contributed by atoms with Crippen LogP contribution < -0.4 is 0 Å². The van der Waals surface area contributed by atoms with Gasteiger partial charge < -0.3 is 14.0 Å². The second-order valence-corrected chi connectivity index (χ2v) is 6.68. The molecule has 0 spiro atoms. The Morgan fingerprint density at radius 3 is 2.30 bits per heavy atom. The molecular weight excluding hydrogens is 305 g/mol. The molecule has 4 nitrogen and oxygen atoms in total. The standard InChI is InChI=1S/C16H21BF2O4/c1-15(2)16(3,4)23-17(22-15)12(9-14(20)21-5)11-8-10(18)6-7-13(11)19/h6-8,12H,9H2,1-5H3. The van der Waals surface area contributed by atoms with E-state index in [4.69, 9.17) is 9.31 Å². The average Bonchev–Trinajstić information content (AvgIpc) is 2.67. The van der Waals surface area contributed by atoms with E-state index in [2.05, 4.69) is 4.74 Å². The molecule has 1 heterocycles. The number of halogens is 2. The first kappa shape index (κ1) is 17.9. The number of methoxy groups -OCH3 is 1. The van der Waals surface area contributed by atoms with Gasteiger partial charge in [0, 0.05) is 5.82 Å². The smallest absolute Gasteiger partial charge is 0.466 e. The highest BCUT2D eigenvalue weighted by molar-refractivity contribution is 6.48. The van der Waals surface area contributed by atoms with Crippen molar-refractivity contribution in [2.45, 2.75) is 51.1 Å². The fourth-order valence-electron chi connectivity index (χ4n) is 2.47. The fraction of sp³-hybridized carbons (Fsp3) is 0.562. The molecule has 0 amide bonds. The van der Waals surface area contributed by atoms with E-state index >= 15 is 0 Å². The predicted octanol–water partition coefficient (Wildman–Crippen LogP) is 3.24. The Labute approximate surface area is 135 Å². The molecule has 0 N–H and O–H groups in total. The summed E-state index contributed by atoms with van der Waals surface area (Å²) in [4.78, 5) is 11.7. The summed E-state index contributed by atoms with van der Waals surface area (Å²) >= 11 is 0. The first-order valence-electron chi connectivity index (χ1n) is 7.45. The van der Waals surface area contributed by atoms with E-state index < -0.39 is 41.7 Å². The molecule has 1 saturated heterocycles. The number of ether oxygens (including phenoxy) is 1. The van der Waals surface area contributed by atoms with Gasteiger partial charge in [0.2, 0.25) is 0 Å². The fourth-order valence-corrected chi connectivity index (χ4v) is 2.47. The number of carbonyl (C=O) groups is 1. The van der Waals surface area contributed by atoms with Crippen molar-refractivity contribution in [2.24, 2.45) is 0 Å². The van der Waals surface area contributed by atoms with E-state index in [0.717, 1.165) is 18.2 Å². The third kappa shape index (κ3) is 3.56. The van der Waals surface area contributed by atoms with E-state index in [1.54, 1.807) is 0 Å². The van der Waals surface area contributed by atoms with E-state index in [9.17, 15) is 13.6 Å². The largest absolute Gasteiger partial charge is 0.469 e. The van der Waals surface area contributed by atoms with Crippen LogP contribution in [0.25, 0.3) is 0 Å². The highest BCUT2D eigenvalue weighted by Gasteiger charge is 2.54. The van der Waals surface area contributed by atoms with Crippen molar-refractivity contribution in [3.63, 3.8) is 0 Å². The van der Waals surface area contributed by atoms with Crippen molar-refractivity contribution in [1.82, 2.24) is 0 Å². The van der Waals surface area contributed by atoms with Crippen LogP contribution in [0.1, 0.15) is 45.5 Å². The Kier molecular flexibility index (Phi) is 4.82. The lowest BCUT2D eigenvalue weighted by molar-refractivity contribution is -0.140. The Balaban J connectivity index is 2.40. The zero-order valence-corrected chi connectivity index (χ0v) is 14.0. The molecule has 1 aliphatic heterocycles. The van der Waals surface area contributed by atoms with Crippen molar-refractivity contribution < 1.29 is 27.6 Å². The van der Waals surface area contributed by atoms with Crippen molar-refractivity contribution >= 4 is 13.1 Å². The van der Waals surface area contributed by atoms with E-state index in [1.165, 1.54) is 7.11 Å². The summed E-state index contributed by atoms with van der Waals surface area (Å²) in [5, 5.41) is 0.